The molecule has 0 aromatic rings. The number of allylic oxidation sites excluding steroid dienone is 10. The molecular weight excluding hydrogens is 793 g/mol. The largest absolute Gasteiger partial charge is 0.462 e. The molecule has 0 bridgehead atoms. The normalized spacial score (nSPS) is 12.5. The van der Waals surface area contributed by atoms with Crippen molar-refractivity contribution in [1.82, 2.24) is 0 Å². The lowest BCUT2D eigenvalue weighted by atomic mass is 10.1. The molecule has 0 rings (SSSR count). The minimum absolute atomic E-state index is 0.0805. The number of carbonyl (C=O) groups is 3. The van der Waals surface area contributed by atoms with Gasteiger partial charge in [0.25, 0.3) is 0 Å². The highest BCUT2D eigenvalue weighted by molar-refractivity contribution is 5.71. The molecular formula is C58H102O6. The van der Waals surface area contributed by atoms with Crippen LogP contribution < -0.4 is 0 Å². The van der Waals surface area contributed by atoms with Crippen molar-refractivity contribution < 1.29 is 28.6 Å². The summed E-state index contributed by atoms with van der Waals surface area (Å²) < 4.78 is 16.7. The smallest absolute Gasteiger partial charge is 0.306 e. The number of esters is 3. The van der Waals surface area contributed by atoms with Crippen molar-refractivity contribution in [1.29, 1.82) is 0 Å². The predicted octanol–water partition coefficient (Wildman–Crippen LogP) is 18.0. The first-order valence-electron chi connectivity index (χ1n) is 27.3. The average molecular weight is 895 g/mol. The minimum atomic E-state index is -0.777. The maximum atomic E-state index is 12.8. The van der Waals surface area contributed by atoms with Crippen molar-refractivity contribution in [3.8, 4) is 0 Å². The predicted molar refractivity (Wildman–Crippen MR) is 275 cm³/mol. The second-order valence-electron chi connectivity index (χ2n) is 18.1. The van der Waals surface area contributed by atoms with Crippen LogP contribution >= 0.6 is 0 Å². The Labute approximate surface area is 396 Å². The molecule has 1 atom stereocenters. The van der Waals surface area contributed by atoms with Crippen molar-refractivity contribution in [2.45, 2.75) is 277 Å². The molecule has 64 heavy (non-hydrogen) atoms. The van der Waals surface area contributed by atoms with Gasteiger partial charge in [-0.2, -0.15) is 0 Å². The van der Waals surface area contributed by atoms with Crippen LogP contribution in [-0.2, 0) is 28.6 Å². The highest BCUT2D eigenvalue weighted by Crippen LogP contribution is 2.14. The second-order valence-corrected chi connectivity index (χ2v) is 18.1. The van der Waals surface area contributed by atoms with Gasteiger partial charge in [0.2, 0.25) is 0 Å². The summed E-state index contributed by atoms with van der Waals surface area (Å²) in [7, 11) is 0. The fourth-order valence-corrected chi connectivity index (χ4v) is 7.60. The fraction of sp³-hybridized carbons (Fsp3) is 0.776. The van der Waals surface area contributed by atoms with E-state index in [0.29, 0.717) is 19.3 Å². The molecule has 370 valence electrons. The lowest BCUT2D eigenvalue weighted by Crippen LogP contribution is -2.30. The van der Waals surface area contributed by atoms with Gasteiger partial charge in [0.1, 0.15) is 13.2 Å². The van der Waals surface area contributed by atoms with Crippen LogP contribution in [0.5, 0.6) is 0 Å². The molecule has 0 N–H and O–H groups in total. The summed E-state index contributed by atoms with van der Waals surface area (Å²) in [4.78, 5) is 37.7. The molecule has 0 aliphatic heterocycles. The molecule has 0 aromatic heterocycles. The van der Waals surface area contributed by atoms with E-state index in [1.807, 2.05) is 0 Å². The zero-order valence-corrected chi connectivity index (χ0v) is 42.3. The lowest BCUT2D eigenvalue weighted by Gasteiger charge is -2.18. The number of hydrogen-bond acceptors (Lipinski definition) is 6. The average Bonchev–Trinajstić information content (AvgIpc) is 3.29. The van der Waals surface area contributed by atoms with E-state index in [4.69, 9.17) is 14.2 Å². The van der Waals surface area contributed by atoms with Crippen LogP contribution in [-0.4, -0.2) is 37.2 Å². The third-order valence-electron chi connectivity index (χ3n) is 11.7. The minimum Gasteiger partial charge on any atom is -0.462 e. The van der Waals surface area contributed by atoms with Crippen LogP contribution in [0.15, 0.2) is 60.8 Å². The SMILES string of the molecule is CCCCCC/C=C\C/C=C\CCCCCCCCCC(=O)OC(COC(=O)CCCCCCC)COC(=O)CCCCCCCCCC/C=C\C/C=C\C/C=C\CCCCCCC. The molecule has 0 saturated heterocycles. The Balaban J connectivity index is 4.15. The van der Waals surface area contributed by atoms with Gasteiger partial charge in [-0.25, -0.2) is 0 Å². The summed E-state index contributed by atoms with van der Waals surface area (Å²) in [5.41, 5.74) is 0. The summed E-state index contributed by atoms with van der Waals surface area (Å²) in [5, 5.41) is 0. The molecule has 6 heteroatoms. The van der Waals surface area contributed by atoms with Gasteiger partial charge in [-0.1, -0.05) is 223 Å². The van der Waals surface area contributed by atoms with Crippen molar-refractivity contribution in [3.05, 3.63) is 60.8 Å². The standard InChI is InChI=1S/C58H102O6/c1-4-7-10-13-15-17-19-21-23-25-27-28-29-30-31-33-34-36-38-40-42-45-48-51-57(60)63-54-55(53-62-56(59)50-47-44-12-9-6-3)64-58(61)52-49-46-43-41-39-37-35-32-26-24-22-20-18-16-14-11-8-5-2/h18-21,24-27,29-30,55H,4-17,22-23,28,31-54H2,1-3H3/b20-18-,21-19-,26-24-,27-25-,30-29-. The molecule has 0 radical (unpaired) electrons. The third-order valence-corrected chi connectivity index (χ3v) is 11.7. The van der Waals surface area contributed by atoms with Crippen LogP contribution in [0.25, 0.3) is 0 Å². The first-order chi connectivity index (χ1) is 31.5. The molecule has 0 saturated carbocycles. The Kier molecular flexibility index (Phi) is 50.4. The van der Waals surface area contributed by atoms with Gasteiger partial charge < -0.3 is 14.2 Å². The number of hydrogen-bond donors (Lipinski definition) is 0. The number of rotatable bonds is 49. The van der Waals surface area contributed by atoms with E-state index < -0.39 is 6.10 Å². The number of ether oxygens (including phenoxy) is 3. The summed E-state index contributed by atoms with van der Waals surface area (Å²) in [6.45, 7) is 6.53. The second kappa shape index (κ2) is 52.7. The maximum absolute atomic E-state index is 12.8. The highest BCUT2D eigenvalue weighted by Gasteiger charge is 2.19. The molecule has 0 fully saturated rings. The van der Waals surface area contributed by atoms with Gasteiger partial charge in [0, 0.05) is 19.3 Å². The van der Waals surface area contributed by atoms with E-state index in [1.165, 1.54) is 135 Å². The van der Waals surface area contributed by atoms with Gasteiger partial charge in [-0.05, 0) is 89.9 Å². The molecule has 0 amide bonds. The van der Waals surface area contributed by atoms with E-state index in [0.717, 1.165) is 96.3 Å². The third kappa shape index (κ3) is 50.1. The van der Waals surface area contributed by atoms with E-state index >= 15 is 0 Å². The van der Waals surface area contributed by atoms with Gasteiger partial charge in [-0.15, -0.1) is 0 Å². The summed E-state index contributed by atoms with van der Waals surface area (Å²) >= 11 is 0. The van der Waals surface area contributed by atoms with E-state index in [9.17, 15) is 14.4 Å². The van der Waals surface area contributed by atoms with Crippen LogP contribution in [0.2, 0.25) is 0 Å². The molecule has 0 aliphatic carbocycles. The lowest BCUT2D eigenvalue weighted by molar-refractivity contribution is -0.167. The summed E-state index contributed by atoms with van der Waals surface area (Å²) in [6, 6.07) is 0. The molecule has 0 spiro atoms. The Morgan fingerprint density at radius 2 is 0.562 bits per heavy atom. The molecule has 6 nitrogen and oxygen atoms in total. The van der Waals surface area contributed by atoms with Crippen molar-refractivity contribution in [3.63, 3.8) is 0 Å². The van der Waals surface area contributed by atoms with Crippen molar-refractivity contribution in [2.24, 2.45) is 0 Å². The van der Waals surface area contributed by atoms with Gasteiger partial charge in [-0.3, -0.25) is 14.4 Å². The van der Waals surface area contributed by atoms with Crippen molar-refractivity contribution in [2.75, 3.05) is 13.2 Å². The maximum Gasteiger partial charge on any atom is 0.306 e. The van der Waals surface area contributed by atoms with Gasteiger partial charge >= 0.3 is 17.9 Å². The Bertz CT molecular complexity index is 1170. The van der Waals surface area contributed by atoms with Crippen LogP contribution in [0.1, 0.15) is 271 Å². The summed E-state index contributed by atoms with van der Waals surface area (Å²) in [5.74, 6) is -0.904. The Morgan fingerprint density at radius 3 is 0.891 bits per heavy atom. The summed E-state index contributed by atoms with van der Waals surface area (Å²) in [6.07, 6.45) is 65.3. The van der Waals surface area contributed by atoms with Gasteiger partial charge in [0.05, 0.1) is 0 Å². The number of carbonyl (C=O) groups excluding carboxylic acids is 3. The first-order valence-corrected chi connectivity index (χ1v) is 27.3. The molecule has 0 aromatic carbocycles. The topological polar surface area (TPSA) is 78.9 Å². The highest BCUT2D eigenvalue weighted by atomic mass is 16.6. The Morgan fingerprint density at radius 1 is 0.312 bits per heavy atom. The van der Waals surface area contributed by atoms with Crippen LogP contribution in [0.3, 0.4) is 0 Å². The Hall–Kier alpha value is -2.89. The molecule has 1 unspecified atom stereocenters. The van der Waals surface area contributed by atoms with E-state index in [2.05, 4.69) is 81.5 Å². The molecule has 0 aliphatic rings. The van der Waals surface area contributed by atoms with E-state index in [1.54, 1.807) is 0 Å². The fourth-order valence-electron chi connectivity index (χ4n) is 7.60. The quantitative estimate of drug-likeness (QED) is 0.0262. The zero-order valence-electron chi connectivity index (χ0n) is 42.3. The van der Waals surface area contributed by atoms with Crippen molar-refractivity contribution >= 4 is 17.9 Å². The monoisotopic (exact) mass is 895 g/mol. The zero-order chi connectivity index (χ0) is 46.5. The van der Waals surface area contributed by atoms with Crippen LogP contribution in [0, 0.1) is 0 Å². The van der Waals surface area contributed by atoms with Gasteiger partial charge in [0.15, 0.2) is 6.10 Å². The van der Waals surface area contributed by atoms with E-state index in [-0.39, 0.29) is 31.1 Å². The molecule has 0 heterocycles. The van der Waals surface area contributed by atoms with Crippen LogP contribution in [0.4, 0.5) is 0 Å². The number of unbranched alkanes of at least 4 members (excludes halogenated alkanes) is 28. The first kappa shape index (κ1) is 61.1.